The van der Waals surface area contributed by atoms with Crippen molar-refractivity contribution in [2.24, 2.45) is 5.92 Å². The van der Waals surface area contributed by atoms with E-state index in [9.17, 15) is 18.0 Å². The van der Waals surface area contributed by atoms with Crippen LogP contribution in [-0.2, 0) is 11.2 Å². The molecule has 1 aromatic heterocycles. The molecule has 33 heavy (non-hydrogen) atoms. The van der Waals surface area contributed by atoms with Crippen LogP contribution in [0.3, 0.4) is 0 Å². The molecule has 0 aromatic carbocycles. The summed E-state index contributed by atoms with van der Waals surface area (Å²) in [6.07, 6.45) is -0.955. The average Bonchev–Trinajstić information content (AvgIpc) is 3.27. The number of aromatic nitrogens is 1. The molecule has 10 heteroatoms. The summed E-state index contributed by atoms with van der Waals surface area (Å²) < 4.78 is 42.8. The number of anilines is 1. The highest BCUT2D eigenvalue weighted by atomic mass is 19.4. The van der Waals surface area contributed by atoms with E-state index in [1.807, 2.05) is 12.3 Å². The van der Waals surface area contributed by atoms with Crippen molar-refractivity contribution in [1.82, 2.24) is 15.2 Å². The number of pyridine rings is 1. The third-order valence-corrected chi connectivity index (χ3v) is 7.09. The predicted octanol–water partition coefficient (Wildman–Crippen LogP) is 2.52. The second-order valence-corrected chi connectivity index (χ2v) is 9.37. The predicted molar refractivity (Wildman–Crippen MR) is 117 cm³/mol. The monoisotopic (exact) mass is 470 g/mol. The van der Waals surface area contributed by atoms with Crippen LogP contribution in [0.5, 0.6) is 5.75 Å². The molecule has 1 aliphatic carbocycles. The van der Waals surface area contributed by atoms with Gasteiger partial charge in [-0.3, -0.25) is 9.69 Å². The highest BCUT2D eigenvalue weighted by Crippen LogP contribution is 2.33. The number of nitrogens with zero attached hydrogens (tertiary/aromatic N) is 3. The Morgan fingerprint density at radius 1 is 1.21 bits per heavy atom. The quantitative estimate of drug-likeness (QED) is 0.638. The average molecular weight is 471 g/mol. The topological polar surface area (TPSA) is 77.9 Å². The SMILES string of the molecule is O=C(CC(O)C(F)(F)F)NC1CCC(CCN2CCN(c3nccc4c3CCO4)CC2)CC1. The van der Waals surface area contributed by atoms with Gasteiger partial charge in [0.2, 0.25) is 5.91 Å². The van der Waals surface area contributed by atoms with E-state index in [0.717, 1.165) is 89.4 Å². The molecule has 1 atom stereocenters. The number of fused-ring (bicyclic) bond motifs is 1. The fraction of sp³-hybridized carbons (Fsp3) is 0.739. The van der Waals surface area contributed by atoms with Gasteiger partial charge in [-0.15, -0.1) is 0 Å². The van der Waals surface area contributed by atoms with Gasteiger partial charge in [-0.25, -0.2) is 4.98 Å². The third-order valence-electron chi connectivity index (χ3n) is 7.09. The Bertz CT molecular complexity index is 807. The summed E-state index contributed by atoms with van der Waals surface area (Å²) in [5, 5.41) is 11.7. The number of ether oxygens (including phenoxy) is 1. The van der Waals surface area contributed by atoms with E-state index in [0.29, 0.717) is 5.92 Å². The van der Waals surface area contributed by atoms with Gasteiger partial charge in [0, 0.05) is 50.4 Å². The second kappa shape index (κ2) is 10.5. The molecule has 2 aliphatic heterocycles. The van der Waals surface area contributed by atoms with Crippen LogP contribution in [0.2, 0.25) is 0 Å². The number of piperazine rings is 1. The summed E-state index contributed by atoms with van der Waals surface area (Å²) in [6, 6.07) is 1.84. The molecule has 0 spiro atoms. The molecule has 1 aromatic rings. The molecule has 2 N–H and O–H groups in total. The van der Waals surface area contributed by atoms with Crippen molar-refractivity contribution in [2.75, 3.05) is 44.2 Å². The molecule has 184 valence electrons. The highest BCUT2D eigenvalue weighted by molar-refractivity contribution is 5.76. The van der Waals surface area contributed by atoms with Gasteiger partial charge in [0.15, 0.2) is 6.10 Å². The lowest BCUT2D eigenvalue weighted by molar-refractivity contribution is -0.206. The molecular weight excluding hydrogens is 437 g/mol. The third kappa shape index (κ3) is 6.29. The van der Waals surface area contributed by atoms with Crippen molar-refractivity contribution in [3.8, 4) is 5.75 Å². The van der Waals surface area contributed by atoms with Crippen LogP contribution >= 0.6 is 0 Å². The van der Waals surface area contributed by atoms with Crippen LogP contribution in [-0.4, -0.2) is 78.6 Å². The summed E-state index contributed by atoms with van der Waals surface area (Å²) in [5.74, 6) is 1.87. The number of alkyl halides is 3. The van der Waals surface area contributed by atoms with Crippen LogP contribution in [0, 0.1) is 5.92 Å². The maximum atomic E-state index is 12.4. The first-order chi connectivity index (χ1) is 15.8. The number of amides is 1. The van der Waals surface area contributed by atoms with Gasteiger partial charge < -0.3 is 20.1 Å². The minimum absolute atomic E-state index is 0.0955. The molecule has 3 aliphatic rings. The molecule has 1 unspecified atom stereocenters. The zero-order valence-corrected chi connectivity index (χ0v) is 18.8. The zero-order valence-electron chi connectivity index (χ0n) is 18.8. The molecule has 4 rings (SSSR count). The number of halogens is 3. The summed E-state index contributed by atoms with van der Waals surface area (Å²) in [6.45, 7) is 5.67. The number of rotatable bonds is 7. The molecule has 1 saturated heterocycles. The first-order valence-electron chi connectivity index (χ1n) is 11.9. The fourth-order valence-corrected chi connectivity index (χ4v) is 5.09. The number of hydrogen-bond acceptors (Lipinski definition) is 6. The van der Waals surface area contributed by atoms with E-state index >= 15 is 0 Å². The van der Waals surface area contributed by atoms with Crippen LogP contribution in [0.1, 0.15) is 44.1 Å². The fourth-order valence-electron chi connectivity index (χ4n) is 5.09. The first-order valence-corrected chi connectivity index (χ1v) is 11.9. The van der Waals surface area contributed by atoms with Crippen molar-refractivity contribution in [2.45, 2.75) is 63.3 Å². The van der Waals surface area contributed by atoms with E-state index in [4.69, 9.17) is 9.84 Å². The van der Waals surface area contributed by atoms with E-state index in [2.05, 4.69) is 20.1 Å². The molecule has 2 fully saturated rings. The summed E-state index contributed by atoms with van der Waals surface area (Å²) in [7, 11) is 0. The van der Waals surface area contributed by atoms with E-state index in [1.54, 1.807) is 0 Å². The molecule has 7 nitrogen and oxygen atoms in total. The van der Waals surface area contributed by atoms with Gasteiger partial charge in [0.05, 0.1) is 13.0 Å². The van der Waals surface area contributed by atoms with E-state index in [-0.39, 0.29) is 6.04 Å². The minimum Gasteiger partial charge on any atom is -0.493 e. The lowest BCUT2D eigenvalue weighted by Crippen LogP contribution is -2.47. The lowest BCUT2D eigenvalue weighted by atomic mass is 9.84. The van der Waals surface area contributed by atoms with Crippen molar-refractivity contribution in [1.29, 1.82) is 0 Å². The van der Waals surface area contributed by atoms with Gasteiger partial charge in [0.1, 0.15) is 11.6 Å². The normalized spacial score (nSPS) is 24.8. The van der Waals surface area contributed by atoms with Gasteiger partial charge in [-0.2, -0.15) is 13.2 Å². The van der Waals surface area contributed by atoms with Gasteiger partial charge >= 0.3 is 6.18 Å². The lowest BCUT2D eigenvalue weighted by Gasteiger charge is -2.37. The van der Waals surface area contributed by atoms with Crippen molar-refractivity contribution >= 4 is 11.7 Å². The van der Waals surface area contributed by atoms with Crippen molar-refractivity contribution < 1.29 is 27.8 Å². The number of aliphatic hydroxyl groups is 1. The molecular formula is C23H33F3N4O3. The Hall–Kier alpha value is -2.07. The first kappa shape index (κ1) is 24.1. The molecule has 0 bridgehead atoms. The largest absolute Gasteiger partial charge is 0.493 e. The Morgan fingerprint density at radius 3 is 2.64 bits per heavy atom. The standard InChI is InChI=1S/C23H33F3N4O3/c24-23(25,26)20(31)15-21(32)28-17-3-1-16(2-4-17)6-9-29-10-12-30(13-11-29)22-18-7-14-33-19(18)5-8-27-22/h5,8,16-17,20,31H,1-4,6-7,9-15H2,(H,28,32). The Morgan fingerprint density at radius 2 is 1.94 bits per heavy atom. The maximum Gasteiger partial charge on any atom is 0.414 e. The van der Waals surface area contributed by atoms with Gasteiger partial charge in [0.25, 0.3) is 0 Å². The summed E-state index contributed by atoms with van der Waals surface area (Å²) in [4.78, 5) is 21.2. The highest BCUT2D eigenvalue weighted by Gasteiger charge is 2.39. The van der Waals surface area contributed by atoms with Gasteiger partial charge in [-0.05, 0) is 50.6 Å². The number of carbonyl (C=O) groups is 1. The number of carbonyl (C=O) groups excluding carboxylic acids is 1. The number of aliphatic hydroxyl groups excluding tert-OH is 1. The smallest absolute Gasteiger partial charge is 0.414 e. The maximum absolute atomic E-state index is 12.4. The van der Waals surface area contributed by atoms with E-state index < -0.39 is 24.6 Å². The van der Waals surface area contributed by atoms with Crippen molar-refractivity contribution in [3.05, 3.63) is 17.8 Å². The second-order valence-electron chi connectivity index (χ2n) is 9.37. The zero-order chi connectivity index (χ0) is 23.4. The molecule has 1 amide bonds. The number of hydrogen-bond donors (Lipinski definition) is 2. The van der Waals surface area contributed by atoms with Crippen LogP contribution in [0.15, 0.2) is 12.3 Å². The van der Waals surface area contributed by atoms with Gasteiger partial charge in [-0.1, -0.05) is 0 Å². The summed E-state index contributed by atoms with van der Waals surface area (Å²) >= 11 is 0. The Kier molecular flexibility index (Phi) is 7.63. The summed E-state index contributed by atoms with van der Waals surface area (Å²) in [5.41, 5.74) is 1.22. The van der Waals surface area contributed by atoms with E-state index in [1.165, 1.54) is 5.56 Å². The van der Waals surface area contributed by atoms with Crippen molar-refractivity contribution in [3.63, 3.8) is 0 Å². The minimum atomic E-state index is -4.76. The van der Waals surface area contributed by atoms with Crippen LogP contribution in [0.4, 0.5) is 19.0 Å². The van der Waals surface area contributed by atoms with Crippen LogP contribution < -0.4 is 15.0 Å². The Balaban J connectivity index is 1.13. The van der Waals surface area contributed by atoms with Crippen LogP contribution in [0.25, 0.3) is 0 Å². The number of nitrogens with one attached hydrogen (secondary N) is 1. The molecule has 3 heterocycles. The Labute approximate surface area is 192 Å². The molecule has 1 saturated carbocycles. The molecule has 0 radical (unpaired) electrons.